The van der Waals surface area contributed by atoms with E-state index in [4.69, 9.17) is 4.74 Å². The predicted octanol–water partition coefficient (Wildman–Crippen LogP) is 3.61. The minimum atomic E-state index is 0.0926. The van der Waals surface area contributed by atoms with E-state index in [0.717, 1.165) is 82.8 Å². The highest BCUT2D eigenvalue weighted by molar-refractivity contribution is 5.94. The zero-order valence-corrected chi connectivity index (χ0v) is 21.2. The lowest BCUT2D eigenvalue weighted by Gasteiger charge is -2.36. The number of rotatable bonds is 9. The zero-order valence-electron chi connectivity index (χ0n) is 21.2. The molecule has 0 saturated carbocycles. The normalized spacial score (nSPS) is 18.5. The average molecular weight is 502 g/mol. The molecule has 194 valence electrons. The molecule has 1 aromatic heterocycles. The number of benzene rings is 2. The van der Waals surface area contributed by atoms with Gasteiger partial charge >= 0.3 is 0 Å². The molecule has 8 nitrogen and oxygen atoms in total. The van der Waals surface area contributed by atoms with Crippen molar-refractivity contribution < 1.29 is 14.3 Å². The van der Waals surface area contributed by atoms with E-state index in [1.165, 1.54) is 5.56 Å². The van der Waals surface area contributed by atoms with Gasteiger partial charge < -0.3 is 14.5 Å². The van der Waals surface area contributed by atoms with Gasteiger partial charge in [-0.1, -0.05) is 12.1 Å². The number of amides is 2. The molecule has 37 heavy (non-hydrogen) atoms. The van der Waals surface area contributed by atoms with Crippen LogP contribution in [0.5, 0.6) is 5.75 Å². The first kappa shape index (κ1) is 25.0. The van der Waals surface area contributed by atoms with Gasteiger partial charge in [0.25, 0.3) is 5.91 Å². The molecule has 2 amide bonds. The second-order valence-corrected chi connectivity index (χ2v) is 9.84. The number of hydrogen-bond donors (Lipinski definition) is 0. The maximum absolute atomic E-state index is 13.3. The molecule has 2 aliphatic rings. The summed E-state index contributed by atoms with van der Waals surface area (Å²) in [6.07, 6.45) is 8.59. The maximum Gasteiger partial charge on any atom is 0.254 e. The number of carbonyl (C=O) groups excluding carboxylic acids is 2. The van der Waals surface area contributed by atoms with E-state index in [2.05, 4.69) is 22.1 Å². The summed E-state index contributed by atoms with van der Waals surface area (Å²) in [6.45, 7) is 5.66. The standard InChI is InChI=1S/C29H35N5O3/c35-23-32-19-17-31(18-20-32)22-24-5-11-28(12-6-24)37-21-13-26-4-1-2-15-33(26)29(36)25-7-9-27(10-8-25)34-16-3-14-30-34/h3,5-12,14,16,23,26H,1-2,4,13,15,17-22H2. The highest BCUT2D eigenvalue weighted by Gasteiger charge is 2.27. The molecular weight excluding hydrogens is 466 g/mol. The molecule has 2 fully saturated rings. The van der Waals surface area contributed by atoms with Gasteiger partial charge in [0, 0.05) is 69.7 Å². The Kier molecular flexibility index (Phi) is 8.15. The summed E-state index contributed by atoms with van der Waals surface area (Å²) < 4.78 is 7.86. The van der Waals surface area contributed by atoms with Crippen molar-refractivity contribution in [1.82, 2.24) is 24.5 Å². The van der Waals surface area contributed by atoms with Crippen LogP contribution in [0.3, 0.4) is 0 Å². The molecule has 3 aromatic rings. The third-order valence-corrected chi connectivity index (χ3v) is 7.38. The smallest absolute Gasteiger partial charge is 0.254 e. The number of hydrogen-bond acceptors (Lipinski definition) is 5. The number of carbonyl (C=O) groups is 2. The first-order valence-electron chi connectivity index (χ1n) is 13.2. The fourth-order valence-corrected chi connectivity index (χ4v) is 5.20. The molecule has 0 bridgehead atoms. The predicted molar refractivity (Wildman–Crippen MR) is 142 cm³/mol. The average Bonchev–Trinajstić information content (AvgIpc) is 3.50. The molecule has 0 radical (unpaired) electrons. The second-order valence-electron chi connectivity index (χ2n) is 9.84. The molecule has 0 aliphatic carbocycles. The molecule has 1 unspecified atom stereocenters. The molecule has 8 heteroatoms. The summed E-state index contributed by atoms with van der Waals surface area (Å²) in [4.78, 5) is 30.4. The Morgan fingerprint density at radius 1 is 0.973 bits per heavy atom. The van der Waals surface area contributed by atoms with Crippen LogP contribution in [0.2, 0.25) is 0 Å². The van der Waals surface area contributed by atoms with Gasteiger partial charge in [-0.2, -0.15) is 5.10 Å². The summed E-state index contributed by atoms with van der Waals surface area (Å²) in [7, 11) is 0. The Balaban J connectivity index is 1.11. The Hall–Kier alpha value is -3.65. The monoisotopic (exact) mass is 501 g/mol. The number of nitrogens with zero attached hydrogens (tertiary/aromatic N) is 5. The minimum absolute atomic E-state index is 0.0926. The van der Waals surface area contributed by atoms with Crippen molar-refractivity contribution >= 4 is 12.3 Å². The van der Waals surface area contributed by atoms with Crippen LogP contribution in [-0.2, 0) is 11.3 Å². The highest BCUT2D eigenvalue weighted by Crippen LogP contribution is 2.23. The van der Waals surface area contributed by atoms with Gasteiger partial charge in [0.1, 0.15) is 5.75 Å². The fraction of sp³-hybridized carbons (Fsp3) is 0.414. The molecule has 1 atom stereocenters. The van der Waals surface area contributed by atoms with Gasteiger partial charge in [-0.05, 0) is 67.3 Å². The lowest BCUT2D eigenvalue weighted by molar-refractivity contribution is -0.119. The number of ether oxygens (including phenoxy) is 1. The number of piperazine rings is 1. The summed E-state index contributed by atoms with van der Waals surface area (Å²) >= 11 is 0. The molecule has 3 heterocycles. The van der Waals surface area contributed by atoms with Gasteiger partial charge in [-0.3, -0.25) is 14.5 Å². The Bertz CT molecular complexity index is 1140. The number of aromatic nitrogens is 2. The van der Waals surface area contributed by atoms with Crippen molar-refractivity contribution in [1.29, 1.82) is 0 Å². The van der Waals surface area contributed by atoms with Crippen molar-refractivity contribution in [3.8, 4) is 11.4 Å². The summed E-state index contributed by atoms with van der Waals surface area (Å²) in [5.41, 5.74) is 2.90. The summed E-state index contributed by atoms with van der Waals surface area (Å²) in [5, 5.41) is 4.25. The first-order chi connectivity index (χ1) is 18.2. The van der Waals surface area contributed by atoms with Crippen LogP contribution < -0.4 is 4.74 Å². The third-order valence-electron chi connectivity index (χ3n) is 7.38. The van der Waals surface area contributed by atoms with Crippen LogP contribution >= 0.6 is 0 Å². The second kappa shape index (κ2) is 12.1. The molecule has 0 N–H and O–H groups in total. The van der Waals surface area contributed by atoms with Gasteiger partial charge in [0.05, 0.1) is 12.3 Å². The van der Waals surface area contributed by atoms with Gasteiger partial charge in [-0.25, -0.2) is 4.68 Å². The van der Waals surface area contributed by atoms with Crippen molar-refractivity contribution in [2.24, 2.45) is 0 Å². The van der Waals surface area contributed by atoms with E-state index in [9.17, 15) is 9.59 Å². The minimum Gasteiger partial charge on any atom is -0.494 e. The van der Waals surface area contributed by atoms with Crippen molar-refractivity contribution in [3.63, 3.8) is 0 Å². The largest absolute Gasteiger partial charge is 0.494 e. The Labute approximate surface area is 218 Å². The van der Waals surface area contributed by atoms with E-state index in [1.54, 1.807) is 10.9 Å². The van der Waals surface area contributed by atoms with Gasteiger partial charge in [0.15, 0.2) is 0 Å². The van der Waals surface area contributed by atoms with Gasteiger partial charge in [-0.15, -0.1) is 0 Å². The quantitative estimate of drug-likeness (QED) is 0.419. The Morgan fingerprint density at radius 2 is 1.76 bits per heavy atom. The zero-order chi connectivity index (χ0) is 25.5. The number of piperidine rings is 1. The lowest BCUT2D eigenvalue weighted by atomic mass is 9.98. The topological polar surface area (TPSA) is 70.9 Å². The van der Waals surface area contributed by atoms with Crippen LogP contribution in [0.4, 0.5) is 0 Å². The summed E-state index contributed by atoms with van der Waals surface area (Å²) in [5.74, 6) is 0.951. The van der Waals surface area contributed by atoms with E-state index in [1.807, 2.05) is 58.5 Å². The molecule has 2 saturated heterocycles. The SMILES string of the molecule is O=CN1CCN(Cc2ccc(OCCC3CCCCN3C(=O)c3ccc(-n4cccn4)cc3)cc2)CC1. The van der Waals surface area contributed by atoms with Crippen molar-refractivity contribution in [2.75, 3.05) is 39.3 Å². The van der Waals surface area contributed by atoms with Crippen molar-refractivity contribution in [3.05, 3.63) is 78.1 Å². The van der Waals surface area contributed by atoms with Crippen LogP contribution in [0.15, 0.2) is 67.0 Å². The first-order valence-corrected chi connectivity index (χ1v) is 13.2. The van der Waals surface area contributed by atoms with E-state index >= 15 is 0 Å². The van der Waals surface area contributed by atoms with Crippen molar-refractivity contribution in [2.45, 2.75) is 38.3 Å². The molecule has 0 spiro atoms. The molecule has 2 aromatic carbocycles. The third kappa shape index (κ3) is 6.38. The van der Waals surface area contributed by atoms with Crippen LogP contribution in [0.1, 0.15) is 41.6 Å². The highest BCUT2D eigenvalue weighted by atomic mass is 16.5. The van der Waals surface area contributed by atoms with Crippen LogP contribution in [0.25, 0.3) is 5.69 Å². The summed E-state index contributed by atoms with van der Waals surface area (Å²) in [6, 6.07) is 18.0. The van der Waals surface area contributed by atoms with E-state index in [0.29, 0.717) is 12.2 Å². The van der Waals surface area contributed by atoms with E-state index < -0.39 is 0 Å². The lowest BCUT2D eigenvalue weighted by Crippen LogP contribution is -2.45. The van der Waals surface area contributed by atoms with Gasteiger partial charge in [0.2, 0.25) is 6.41 Å². The maximum atomic E-state index is 13.3. The molecule has 2 aliphatic heterocycles. The fourth-order valence-electron chi connectivity index (χ4n) is 5.20. The van der Waals surface area contributed by atoms with Crippen LogP contribution in [0, 0.1) is 0 Å². The Morgan fingerprint density at radius 3 is 2.46 bits per heavy atom. The molecular formula is C29H35N5O3. The van der Waals surface area contributed by atoms with Crippen LogP contribution in [-0.4, -0.2) is 82.2 Å². The molecule has 5 rings (SSSR count). The number of likely N-dealkylation sites (tertiary alicyclic amines) is 1. The van der Waals surface area contributed by atoms with E-state index in [-0.39, 0.29) is 11.9 Å².